The lowest BCUT2D eigenvalue weighted by molar-refractivity contribution is -0.206. The molecular formula is C48H78O8. The van der Waals surface area contributed by atoms with E-state index in [0.29, 0.717) is 67.1 Å². The van der Waals surface area contributed by atoms with Crippen molar-refractivity contribution in [3.63, 3.8) is 0 Å². The number of aliphatic hydroxyl groups is 4. The number of carboxylic acids is 2. The highest BCUT2D eigenvalue weighted by atomic mass is 16.4. The van der Waals surface area contributed by atoms with Crippen LogP contribution < -0.4 is 0 Å². The molecule has 8 aliphatic carbocycles. The van der Waals surface area contributed by atoms with Gasteiger partial charge in [0.25, 0.3) is 0 Å². The van der Waals surface area contributed by atoms with E-state index < -0.39 is 23.6 Å². The molecule has 0 heterocycles. The summed E-state index contributed by atoms with van der Waals surface area (Å²) in [7, 11) is 0. The smallest absolute Gasteiger partial charge is 0.303 e. The highest BCUT2D eigenvalue weighted by Crippen LogP contribution is 2.72. The van der Waals surface area contributed by atoms with Crippen LogP contribution in [0.3, 0.4) is 0 Å². The molecule has 56 heavy (non-hydrogen) atoms. The van der Waals surface area contributed by atoms with Crippen molar-refractivity contribution in [1.29, 1.82) is 0 Å². The van der Waals surface area contributed by atoms with E-state index >= 15 is 0 Å². The molecule has 0 aromatic heterocycles. The number of carboxylic acid groups (broad SMARTS) is 2. The summed E-state index contributed by atoms with van der Waals surface area (Å²) < 4.78 is 0. The Balaban J connectivity index is 1.00. The first-order valence-electron chi connectivity index (χ1n) is 23.5. The third-order valence-electron chi connectivity index (χ3n) is 21.4. The van der Waals surface area contributed by atoms with Crippen molar-refractivity contribution >= 4 is 11.9 Å². The van der Waals surface area contributed by atoms with Crippen LogP contribution in [0.4, 0.5) is 0 Å². The molecule has 0 spiro atoms. The summed E-state index contributed by atoms with van der Waals surface area (Å²) in [4.78, 5) is 24.2. The molecule has 21 atom stereocenters. The van der Waals surface area contributed by atoms with Crippen LogP contribution in [0, 0.1) is 98.6 Å². The van der Waals surface area contributed by atoms with Crippen molar-refractivity contribution in [2.45, 2.75) is 187 Å². The fourth-order valence-corrected chi connectivity index (χ4v) is 18.5. The molecule has 8 nitrogen and oxygen atoms in total. The van der Waals surface area contributed by atoms with Crippen LogP contribution >= 0.6 is 0 Å². The maximum Gasteiger partial charge on any atom is 0.303 e. The van der Waals surface area contributed by atoms with E-state index in [1.54, 1.807) is 0 Å². The lowest BCUT2D eigenvalue weighted by Gasteiger charge is -2.64. The Labute approximate surface area is 337 Å². The Kier molecular flexibility index (Phi) is 10.7. The maximum absolute atomic E-state index is 13.0. The number of aliphatic carboxylic acids is 2. The number of carbonyl (C=O) groups is 2. The molecule has 8 aliphatic rings. The van der Waals surface area contributed by atoms with Gasteiger partial charge in [0.1, 0.15) is 0 Å². The largest absolute Gasteiger partial charge is 0.481 e. The zero-order valence-corrected chi connectivity index (χ0v) is 35.7. The SMILES string of the molecule is C[C@H](CCC(=O)O)[C@H]1CCC2C3C(CC[C@@]21C)[C@@]1(C)CC[C@@](O)(C(CC(=O)O)[C@@H](C)[C@H]2CC[C@H]4[C@@H]5[C@H](O)CC6C[C@H](O)CC[C@]6(C)[C@H]5CC[C@]24C)CC1C[C@@H]3O. The van der Waals surface area contributed by atoms with E-state index in [-0.39, 0.29) is 82.2 Å². The Morgan fingerprint density at radius 2 is 1.12 bits per heavy atom. The number of hydrogen-bond acceptors (Lipinski definition) is 6. The molecule has 0 aromatic carbocycles. The quantitative estimate of drug-likeness (QED) is 0.136. The predicted octanol–water partition coefficient (Wildman–Crippen LogP) is 8.57. The molecule has 318 valence electrons. The maximum atomic E-state index is 13.0. The van der Waals surface area contributed by atoms with E-state index in [1.165, 1.54) is 0 Å². The molecule has 0 bridgehead atoms. The minimum Gasteiger partial charge on any atom is -0.481 e. The van der Waals surface area contributed by atoms with Gasteiger partial charge in [0.2, 0.25) is 0 Å². The number of hydrogen-bond donors (Lipinski definition) is 6. The molecule has 0 aromatic rings. The molecule has 8 heteroatoms. The summed E-state index contributed by atoms with van der Waals surface area (Å²) in [6, 6.07) is 0. The summed E-state index contributed by atoms with van der Waals surface area (Å²) in [5.41, 5.74) is -0.853. The summed E-state index contributed by atoms with van der Waals surface area (Å²) >= 11 is 0. The van der Waals surface area contributed by atoms with Gasteiger partial charge < -0.3 is 30.6 Å². The average molecular weight is 783 g/mol. The van der Waals surface area contributed by atoms with Crippen molar-refractivity contribution in [3.05, 3.63) is 0 Å². The topological polar surface area (TPSA) is 156 Å². The van der Waals surface area contributed by atoms with Crippen LogP contribution in [0.1, 0.15) is 164 Å². The van der Waals surface area contributed by atoms with Crippen molar-refractivity contribution in [2.75, 3.05) is 0 Å². The monoisotopic (exact) mass is 783 g/mol. The van der Waals surface area contributed by atoms with Crippen molar-refractivity contribution in [2.24, 2.45) is 98.6 Å². The van der Waals surface area contributed by atoms with Gasteiger partial charge in [-0.3, -0.25) is 9.59 Å². The zero-order chi connectivity index (χ0) is 40.3. The van der Waals surface area contributed by atoms with E-state index in [9.17, 15) is 40.2 Å². The van der Waals surface area contributed by atoms with Gasteiger partial charge in [-0.15, -0.1) is 0 Å². The van der Waals surface area contributed by atoms with Gasteiger partial charge in [0, 0.05) is 12.3 Å². The fraction of sp³-hybridized carbons (Fsp3) is 0.958. The fourth-order valence-electron chi connectivity index (χ4n) is 18.5. The van der Waals surface area contributed by atoms with Crippen LogP contribution in [0.2, 0.25) is 0 Å². The van der Waals surface area contributed by atoms with Crippen LogP contribution in [-0.2, 0) is 9.59 Å². The third-order valence-corrected chi connectivity index (χ3v) is 21.4. The summed E-state index contributed by atoms with van der Waals surface area (Å²) in [6.45, 7) is 14.3. The Hall–Kier alpha value is -1.22. The summed E-state index contributed by atoms with van der Waals surface area (Å²) in [6.07, 6.45) is 14.7. The first-order valence-corrected chi connectivity index (χ1v) is 23.5. The first kappa shape index (κ1) is 41.5. The van der Waals surface area contributed by atoms with Gasteiger partial charge >= 0.3 is 11.9 Å². The molecule has 6 N–H and O–H groups in total. The van der Waals surface area contributed by atoms with Gasteiger partial charge in [-0.25, -0.2) is 0 Å². The normalized spacial score (nSPS) is 53.9. The predicted molar refractivity (Wildman–Crippen MR) is 215 cm³/mol. The molecule has 8 fully saturated rings. The van der Waals surface area contributed by atoms with Crippen molar-refractivity contribution < 1.29 is 40.2 Å². The van der Waals surface area contributed by atoms with E-state index in [1.807, 2.05) is 0 Å². The van der Waals surface area contributed by atoms with Crippen LogP contribution in [-0.4, -0.2) is 66.5 Å². The Morgan fingerprint density at radius 1 is 0.607 bits per heavy atom. The minimum absolute atomic E-state index is 0.00938. The molecule has 8 saturated carbocycles. The second kappa shape index (κ2) is 14.5. The molecule has 0 radical (unpaired) electrons. The van der Waals surface area contributed by atoms with Gasteiger partial charge in [0.05, 0.1) is 30.3 Å². The van der Waals surface area contributed by atoms with E-state index in [0.717, 1.165) is 83.5 Å². The van der Waals surface area contributed by atoms with Crippen LogP contribution in [0.25, 0.3) is 0 Å². The Bertz CT molecular complexity index is 1500. The highest BCUT2D eigenvalue weighted by Gasteiger charge is 2.67. The minimum atomic E-state index is -1.10. The van der Waals surface area contributed by atoms with E-state index in [4.69, 9.17) is 0 Å². The number of rotatable bonds is 9. The highest BCUT2D eigenvalue weighted by molar-refractivity contribution is 5.67. The van der Waals surface area contributed by atoms with Crippen LogP contribution in [0.15, 0.2) is 0 Å². The zero-order valence-electron chi connectivity index (χ0n) is 35.7. The number of aliphatic hydroxyl groups excluding tert-OH is 3. The molecule has 0 saturated heterocycles. The van der Waals surface area contributed by atoms with E-state index in [2.05, 4.69) is 41.5 Å². The second-order valence-corrected chi connectivity index (χ2v) is 23.3. The third kappa shape index (κ3) is 6.31. The first-order chi connectivity index (χ1) is 26.3. The molecule has 8 rings (SSSR count). The standard InChI is InChI=1S/C48H78O8/c1-26(7-12-40(52)53)31-8-10-33-42-36(14-17-46(31,33)5)45(4)19-20-48(56,25-29(45)23-39(42)51)37(24-41(54)55)27(2)32-9-11-34-43-35(15-18-47(32,34)6)44(3)16-13-30(49)21-28(44)22-38(43)50/h26-39,42-43,49-51,56H,7-25H2,1-6H3,(H,52,53)(H,54,55)/t26-,27+,28?,29?,30-,31-,32-,33?,34+,35+,36?,37?,38-,39+,42?,43+,44+,45+,46-,47-,48+/m1/s1. The lowest BCUT2D eigenvalue weighted by atomic mass is 9.42. The van der Waals surface area contributed by atoms with Gasteiger partial charge in [-0.05, 0) is 202 Å². The number of fused-ring (bicyclic) bond motifs is 10. The summed E-state index contributed by atoms with van der Waals surface area (Å²) in [5, 5.41) is 67.3. The Morgan fingerprint density at radius 3 is 1.71 bits per heavy atom. The van der Waals surface area contributed by atoms with Gasteiger partial charge in [0.15, 0.2) is 0 Å². The molecular weight excluding hydrogens is 705 g/mol. The van der Waals surface area contributed by atoms with Crippen molar-refractivity contribution in [3.8, 4) is 0 Å². The van der Waals surface area contributed by atoms with Crippen LogP contribution in [0.5, 0.6) is 0 Å². The molecule has 0 amide bonds. The summed E-state index contributed by atoms with van der Waals surface area (Å²) in [5.74, 6) is 1.85. The average Bonchev–Trinajstić information content (AvgIpc) is 3.67. The molecule has 6 unspecified atom stereocenters. The van der Waals surface area contributed by atoms with Crippen molar-refractivity contribution in [1.82, 2.24) is 0 Å². The molecule has 0 aliphatic heterocycles. The lowest BCUT2D eigenvalue weighted by Crippen LogP contribution is -2.61. The van der Waals surface area contributed by atoms with Gasteiger partial charge in [-0.1, -0.05) is 41.5 Å². The second-order valence-electron chi connectivity index (χ2n) is 23.3. The van der Waals surface area contributed by atoms with Gasteiger partial charge in [-0.2, -0.15) is 0 Å².